The number of halogens is 2. The van der Waals surface area contributed by atoms with Gasteiger partial charge >= 0.3 is 0 Å². The van der Waals surface area contributed by atoms with Crippen LogP contribution in [0.4, 0.5) is 5.82 Å². The Hall–Kier alpha value is -0.280. The Morgan fingerprint density at radius 2 is 2.13 bits per heavy atom. The normalized spacial score (nSPS) is 13.7. The highest BCUT2D eigenvalue weighted by Crippen LogP contribution is 2.23. The lowest BCUT2D eigenvalue weighted by atomic mass is 9.88. The first kappa shape index (κ1) is 12.8. The number of hydrogen-bond acceptors (Lipinski definition) is 2. The lowest BCUT2D eigenvalue weighted by Crippen LogP contribution is -2.35. The maximum atomic E-state index is 5.93. The molecule has 1 rings (SSSR count). The number of aromatic nitrogens is 1. The van der Waals surface area contributed by atoms with Crippen LogP contribution in [0.2, 0.25) is 0 Å². The van der Waals surface area contributed by atoms with Crippen LogP contribution < -0.4 is 5.32 Å². The second-order valence-corrected chi connectivity index (χ2v) is 5.80. The van der Waals surface area contributed by atoms with Gasteiger partial charge in [-0.2, -0.15) is 0 Å². The molecule has 1 heterocycles. The van der Waals surface area contributed by atoms with Crippen LogP contribution in [0.15, 0.2) is 22.8 Å². The van der Waals surface area contributed by atoms with Gasteiger partial charge in [0.25, 0.3) is 0 Å². The summed E-state index contributed by atoms with van der Waals surface area (Å²) in [6.45, 7) is 6.48. The van der Waals surface area contributed by atoms with Crippen LogP contribution in [0.25, 0.3) is 0 Å². The van der Waals surface area contributed by atoms with Gasteiger partial charge in [-0.15, -0.1) is 11.6 Å². The van der Waals surface area contributed by atoms with Gasteiger partial charge in [-0.25, -0.2) is 4.98 Å². The third-order valence-corrected chi connectivity index (χ3v) is 3.03. The fourth-order valence-electron chi connectivity index (χ4n) is 1.13. The molecule has 4 heteroatoms. The van der Waals surface area contributed by atoms with Crippen molar-refractivity contribution in [2.75, 3.05) is 11.2 Å². The van der Waals surface area contributed by atoms with Gasteiger partial charge in [0.05, 0.1) is 0 Å². The Morgan fingerprint density at radius 1 is 1.47 bits per heavy atom. The van der Waals surface area contributed by atoms with E-state index in [1.54, 1.807) is 6.20 Å². The molecule has 1 aromatic heterocycles. The van der Waals surface area contributed by atoms with Crippen LogP contribution in [0.1, 0.15) is 20.8 Å². The van der Waals surface area contributed by atoms with Crippen molar-refractivity contribution in [2.24, 2.45) is 5.41 Å². The Morgan fingerprint density at radius 3 is 2.53 bits per heavy atom. The van der Waals surface area contributed by atoms with E-state index in [2.05, 4.69) is 47.0 Å². The molecule has 0 saturated carbocycles. The molecule has 0 aliphatic carbocycles. The third kappa shape index (κ3) is 3.99. The summed E-state index contributed by atoms with van der Waals surface area (Å²) >= 11 is 9.29. The number of alkyl halides is 1. The summed E-state index contributed by atoms with van der Waals surface area (Å²) in [6.07, 6.45) is 1.77. The van der Waals surface area contributed by atoms with Gasteiger partial charge in [-0.3, -0.25) is 0 Å². The molecule has 0 saturated heterocycles. The zero-order valence-corrected chi connectivity index (χ0v) is 11.6. The first-order chi connectivity index (χ1) is 6.93. The van der Waals surface area contributed by atoms with Crippen molar-refractivity contribution in [3.8, 4) is 0 Å². The molecule has 1 aromatic rings. The number of nitrogens with one attached hydrogen (secondary N) is 1. The van der Waals surface area contributed by atoms with Crippen LogP contribution in [0, 0.1) is 5.41 Å². The van der Waals surface area contributed by atoms with E-state index in [0.29, 0.717) is 5.88 Å². The van der Waals surface area contributed by atoms with Crippen molar-refractivity contribution in [1.82, 2.24) is 4.98 Å². The molecule has 0 fully saturated rings. The smallest absolute Gasteiger partial charge is 0.126 e. The predicted molar refractivity (Wildman–Crippen MR) is 69.5 cm³/mol. The van der Waals surface area contributed by atoms with Crippen molar-refractivity contribution in [3.63, 3.8) is 0 Å². The summed E-state index contributed by atoms with van der Waals surface area (Å²) in [5, 5.41) is 3.33. The van der Waals surface area contributed by atoms with Gasteiger partial charge in [0.1, 0.15) is 5.82 Å². The summed E-state index contributed by atoms with van der Waals surface area (Å²) < 4.78 is 0.978. The van der Waals surface area contributed by atoms with Gasteiger partial charge in [0.2, 0.25) is 0 Å². The van der Waals surface area contributed by atoms with Crippen LogP contribution >= 0.6 is 27.5 Å². The molecule has 1 unspecified atom stereocenters. The number of pyridine rings is 1. The quantitative estimate of drug-likeness (QED) is 0.854. The van der Waals surface area contributed by atoms with Gasteiger partial charge in [-0.05, 0) is 33.5 Å². The van der Waals surface area contributed by atoms with E-state index in [4.69, 9.17) is 11.6 Å². The molecule has 2 nitrogen and oxygen atoms in total. The average Bonchev–Trinajstić information content (AvgIpc) is 2.15. The zero-order chi connectivity index (χ0) is 11.5. The molecule has 0 aliphatic rings. The number of anilines is 1. The topological polar surface area (TPSA) is 24.9 Å². The standard InChI is InChI=1S/C11H16BrClN2/c1-11(2,3)9(6-13)15-10-5-4-8(12)7-14-10/h4-5,7,9H,6H2,1-3H3,(H,14,15). The van der Waals surface area contributed by atoms with E-state index in [0.717, 1.165) is 10.3 Å². The maximum Gasteiger partial charge on any atom is 0.126 e. The monoisotopic (exact) mass is 290 g/mol. The van der Waals surface area contributed by atoms with Gasteiger partial charge in [-0.1, -0.05) is 20.8 Å². The van der Waals surface area contributed by atoms with E-state index in [9.17, 15) is 0 Å². The summed E-state index contributed by atoms with van der Waals surface area (Å²) in [4.78, 5) is 4.26. The zero-order valence-electron chi connectivity index (χ0n) is 9.22. The average molecular weight is 292 g/mol. The van der Waals surface area contributed by atoms with Crippen LogP contribution in [0.3, 0.4) is 0 Å². The highest BCUT2D eigenvalue weighted by atomic mass is 79.9. The molecule has 0 bridgehead atoms. The summed E-state index contributed by atoms with van der Waals surface area (Å²) in [5.41, 5.74) is 0.122. The van der Waals surface area contributed by atoms with Gasteiger partial charge in [0.15, 0.2) is 0 Å². The van der Waals surface area contributed by atoms with Gasteiger partial charge in [0, 0.05) is 22.6 Å². The molecule has 15 heavy (non-hydrogen) atoms. The summed E-state index contributed by atoms with van der Waals surface area (Å²) in [6, 6.07) is 4.12. The van der Waals surface area contributed by atoms with Crippen LogP contribution in [-0.2, 0) is 0 Å². The minimum Gasteiger partial charge on any atom is -0.366 e. The molecule has 0 aliphatic heterocycles. The second kappa shape index (κ2) is 5.17. The van der Waals surface area contributed by atoms with Crippen molar-refractivity contribution < 1.29 is 0 Å². The predicted octanol–water partition coefficient (Wildman–Crippen LogP) is 3.91. The van der Waals surface area contributed by atoms with Crippen molar-refractivity contribution in [1.29, 1.82) is 0 Å². The molecular formula is C11H16BrClN2. The lowest BCUT2D eigenvalue weighted by Gasteiger charge is -2.30. The lowest BCUT2D eigenvalue weighted by molar-refractivity contribution is 0.361. The second-order valence-electron chi connectivity index (χ2n) is 4.58. The number of rotatable bonds is 3. The summed E-state index contributed by atoms with van der Waals surface area (Å²) in [5.74, 6) is 1.43. The molecule has 1 atom stereocenters. The minimum absolute atomic E-state index is 0.122. The number of hydrogen-bond donors (Lipinski definition) is 1. The SMILES string of the molecule is CC(C)(C)C(CCl)Nc1ccc(Br)cn1. The van der Waals surface area contributed by atoms with Crippen LogP contribution in [0.5, 0.6) is 0 Å². The third-order valence-electron chi connectivity index (χ3n) is 2.25. The molecule has 84 valence electrons. The van der Waals surface area contributed by atoms with E-state index >= 15 is 0 Å². The first-order valence-electron chi connectivity index (χ1n) is 4.87. The Kier molecular flexibility index (Phi) is 4.41. The highest BCUT2D eigenvalue weighted by molar-refractivity contribution is 9.10. The van der Waals surface area contributed by atoms with Crippen molar-refractivity contribution in [3.05, 3.63) is 22.8 Å². The maximum absolute atomic E-state index is 5.93. The molecule has 0 aromatic carbocycles. The fourth-order valence-corrected chi connectivity index (χ4v) is 1.90. The van der Waals surface area contributed by atoms with Crippen LogP contribution in [-0.4, -0.2) is 16.9 Å². The molecule has 0 amide bonds. The van der Waals surface area contributed by atoms with E-state index < -0.39 is 0 Å². The Balaban J connectivity index is 2.71. The molecule has 0 radical (unpaired) electrons. The summed E-state index contributed by atoms with van der Waals surface area (Å²) in [7, 11) is 0. The largest absolute Gasteiger partial charge is 0.366 e. The van der Waals surface area contributed by atoms with E-state index in [-0.39, 0.29) is 11.5 Å². The molecule has 1 N–H and O–H groups in total. The minimum atomic E-state index is 0.122. The number of nitrogens with zero attached hydrogens (tertiary/aromatic N) is 1. The van der Waals surface area contributed by atoms with Crippen molar-refractivity contribution >= 4 is 33.3 Å². The Labute approximate surface area is 105 Å². The van der Waals surface area contributed by atoms with E-state index in [1.165, 1.54) is 0 Å². The fraction of sp³-hybridized carbons (Fsp3) is 0.545. The van der Waals surface area contributed by atoms with Gasteiger partial charge < -0.3 is 5.32 Å². The molecule has 0 spiro atoms. The van der Waals surface area contributed by atoms with Crippen molar-refractivity contribution in [2.45, 2.75) is 26.8 Å². The highest BCUT2D eigenvalue weighted by Gasteiger charge is 2.23. The Bertz CT molecular complexity index is 305. The molecular weight excluding hydrogens is 275 g/mol. The van der Waals surface area contributed by atoms with E-state index in [1.807, 2.05) is 12.1 Å². The first-order valence-corrected chi connectivity index (χ1v) is 6.20.